The zero-order valence-electron chi connectivity index (χ0n) is 12.6. The van der Waals surface area contributed by atoms with E-state index in [1.165, 1.54) is 0 Å². The van der Waals surface area contributed by atoms with E-state index in [1.54, 1.807) is 0 Å². The number of rotatable bonds is 3. The van der Waals surface area contributed by atoms with Crippen LogP contribution in [0.5, 0.6) is 0 Å². The van der Waals surface area contributed by atoms with Gasteiger partial charge < -0.3 is 15.0 Å². The minimum absolute atomic E-state index is 0.00150. The summed E-state index contributed by atoms with van der Waals surface area (Å²) in [6, 6.07) is 0.00150. The maximum Gasteiger partial charge on any atom is 0.240 e. The van der Waals surface area contributed by atoms with Crippen LogP contribution in [-0.2, 0) is 9.53 Å². The maximum absolute atomic E-state index is 12.7. The van der Waals surface area contributed by atoms with E-state index in [0.29, 0.717) is 5.92 Å². The summed E-state index contributed by atoms with van der Waals surface area (Å²) < 4.78 is 5.42. The number of hydrogen-bond acceptors (Lipinski definition) is 3. The molecule has 0 bridgehead atoms. The number of likely N-dealkylation sites (N-methyl/N-ethyl adjacent to an activating group) is 1. The van der Waals surface area contributed by atoms with Crippen molar-refractivity contribution in [3.05, 3.63) is 0 Å². The number of nitrogens with one attached hydrogen (secondary N) is 1. The molecular formula is C15H28N2O2. The number of carbonyl (C=O) groups is 1. The lowest BCUT2D eigenvalue weighted by atomic mass is 9.93. The molecule has 19 heavy (non-hydrogen) atoms. The predicted octanol–water partition coefficient (Wildman–Crippen LogP) is 1.79. The van der Waals surface area contributed by atoms with Gasteiger partial charge >= 0.3 is 0 Å². The van der Waals surface area contributed by atoms with Gasteiger partial charge in [-0.25, -0.2) is 0 Å². The normalized spacial score (nSPS) is 29.3. The Morgan fingerprint density at radius 3 is 2.63 bits per heavy atom. The van der Waals surface area contributed by atoms with Gasteiger partial charge in [0, 0.05) is 25.3 Å². The monoisotopic (exact) mass is 268 g/mol. The first-order valence-electron chi connectivity index (χ1n) is 7.61. The van der Waals surface area contributed by atoms with Crippen LogP contribution in [0.25, 0.3) is 0 Å². The summed E-state index contributed by atoms with van der Waals surface area (Å²) in [5.74, 6) is 0.893. The molecular weight excluding hydrogens is 240 g/mol. The SMILES string of the molecule is CNC1CCCC(C)(C)N(CC2CCOCC2)C1=O. The highest BCUT2D eigenvalue weighted by molar-refractivity contribution is 5.82. The number of likely N-dealkylation sites (tertiary alicyclic amines) is 1. The van der Waals surface area contributed by atoms with E-state index in [9.17, 15) is 4.79 Å². The van der Waals surface area contributed by atoms with Crippen molar-refractivity contribution in [2.24, 2.45) is 5.92 Å². The number of nitrogens with zero attached hydrogens (tertiary/aromatic N) is 1. The molecule has 2 heterocycles. The largest absolute Gasteiger partial charge is 0.381 e. The Morgan fingerprint density at radius 1 is 1.32 bits per heavy atom. The second-order valence-corrected chi connectivity index (χ2v) is 6.55. The van der Waals surface area contributed by atoms with Crippen LogP contribution in [-0.4, -0.2) is 49.2 Å². The van der Waals surface area contributed by atoms with Gasteiger partial charge in [0.1, 0.15) is 0 Å². The molecule has 0 saturated carbocycles. The summed E-state index contributed by atoms with van der Waals surface area (Å²) in [6.07, 6.45) is 5.35. The van der Waals surface area contributed by atoms with Gasteiger partial charge in [-0.3, -0.25) is 4.79 Å². The molecule has 2 aliphatic rings. The van der Waals surface area contributed by atoms with Crippen LogP contribution in [0.2, 0.25) is 0 Å². The van der Waals surface area contributed by atoms with E-state index in [-0.39, 0.29) is 17.5 Å². The van der Waals surface area contributed by atoms with Gasteiger partial charge in [-0.05, 0) is 58.9 Å². The third kappa shape index (κ3) is 3.48. The Labute approximate surface area is 116 Å². The number of ether oxygens (including phenoxy) is 1. The Morgan fingerprint density at radius 2 is 2.00 bits per heavy atom. The van der Waals surface area contributed by atoms with Gasteiger partial charge in [-0.1, -0.05) is 0 Å². The highest BCUT2D eigenvalue weighted by atomic mass is 16.5. The topological polar surface area (TPSA) is 41.6 Å². The second kappa shape index (κ2) is 6.23. The summed E-state index contributed by atoms with van der Waals surface area (Å²) in [6.45, 7) is 7.02. The van der Waals surface area contributed by atoms with Gasteiger partial charge in [0.25, 0.3) is 0 Å². The van der Waals surface area contributed by atoms with Crippen LogP contribution in [0.1, 0.15) is 46.0 Å². The minimum Gasteiger partial charge on any atom is -0.381 e. The highest BCUT2D eigenvalue weighted by Gasteiger charge is 2.38. The Kier molecular flexibility index (Phi) is 4.85. The van der Waals surface area contributed by atoms with E-state index in [4.69, 9.17) is 4.74 Å². The van der Waals surface area contributed by atoms with Gasteiger partial charge in [0.2, 0.25) is 5.91 Å². The number of carbonyl (C=O) groups excluding carboxylic acids is 1. The fourth-order valence-electron chi connectivity index (χ4n) is 3.28. The first-order valence-corrected chi connectivity index (χ1v) is 7.61. The van der Waals surface area contributed by atoms with Crippen molar-refractivity contribution in [2.45, 2.75) is 57.5 Å². The molecule has 0 spiro atoms. The molecule has 2 saturated heterocycles. The van der Waals surface area contributed by atoms with Crippen molar-refractivity contribution in [2.75, 3.05) is 26.8 Å². The lowest BCUT2D eigenvalue weighted by Crippen LogP contribution is -2.54. The fourth-order valence-corrected chi connectivity index (χ4v) is 3.28. The van der Waals surface area contributed by atoms with Crippen LogP contribution in [0.15, 0.2) is 0 Å². The molecule has 0 aromatic heterocycles. The molecule has 1 atom stereocenters. The van der Waals surface area contributed by atoms with Gasteiger partial charge in [-0.2, -0.15) is 0 Å². The van der Waals surface area contributed by atoms with Crippen molar-refractivity contribution in [1.82, 2.24) is 10.2 Å². The smallest absolute Gasteiger partial charge is 0.240 e. The minimum atomic E-state index is -0.0129. The van der Waals surface area contributed by atoms with Crippen molar-refractivity contribution in [3.8, 4) is 0 Å². The average molecular weight is 268 g/mol. The molecule has 1 N–H and O–H groups in total. The van der Waals surface area contributed by atoms with Gasteiger partial charge in [0.15, 0.2) is 0 Å². The van der Waals surface area contributed by atoms with Gasteiger partial charge in [0.05, 0.1) is 6.04 Å². The molecule has 1 amide bonds. The second-order valence-electron chi connectivity index (χ2n) is 6.55. The summed E-state index contributed by atoms with van der Waals surface area (Å²) in [5.41, 5.74) is -0.0129. The highest BCUT2D eigenvalue weighted by Crippen LogP contribution is 2.30. The van der Waals surface area contributed by atoms with Crippen molar-refractivity contribution in [1.29, 1.82) is 0 Å². The molecule has 4 heteroatoms. The average Bonchev–Trinajstić information content (AvgIpc) is 2.50. The Bertz CT molecular complexity index is 311. The van der Waals surface area contributed by atoms with E-state index in [0.717, 1.165) is 51.9 Å². The molecule has 0 radical (unpaired) electrons. The summed E-state index contributed by atoms with van der Waals surface area (Å²) in [4.78, 5) is 14.8. The van der Waals surface area contributed by atoms with Crippen LogP contribution in [0.3, 0.4) is 0 Å². The van der Waals surface area contributed by atoms with E-state index < -0.39 is 0 Å². The first kappa shape index (κ1) is 14.8. The fraction of sp³-hybridized carbons (Fsp3) is 0.933. The lowest BCUT2D eigenvalue weighted by Gasteiger charge is -2.41. The van der Waals surface area contributed by atoms with Crippen molar-refractivity contribution in [3.63, 3.8) is 0 Å². The number of hydrogen-bond donors (Lipinski definition) is 1. The molecule has 0 aliphatic carbocycles. The first-order chi connectivity index (χ1) is 9.04. The maximum atomic E-state index is 12.7. The third-order valence-corrected chi connectivity index (χ3v) is 4.71. The summed E-state index contributed by atoms with van der Waals surface area (Å²) in [5, 5.41) is 3.18. The van der Waals surface area contributed by atoms with Gasteiger partial charge in [-0.15, -0.1) is 0 Å². The number of amides is 1. The van der Waals surface area contributed by atoms with E-state index >= 15 is 0 Å². The Hall–Kier alpha value is -0.610. The molecule has 0 aromatic rings. The van der Waals surface area contributed by atoms with Crippen LogP contribution in [0.4, 0.5) is 0 Å². The summed E-state index contributed by atoms with van der Waals surface area (Å²) >= 11 is 0. The Balaban J connectivity index is 2.08. The lowest BCUT2D eigenvalue weighted by molar-refractivity contribution is -0.139. The molecule has 1 unspecified atom stereocenters. The van der Waals surface area contributed by atoms with E-state index in [1.807, 2.05) is 7.05 Å². The molecule has 0 aromatic carbocycles. The van der Waals surface area contributed by atoms with Crippen LogP contribution in [0, 0.1) is 5.92 Å². The zero-order chi connectivity index (χ0) is 13.9. The molecule has 2 rings (SSSR count). The van der Waals surface area contributed by atoms with Crippen LogP contribution < -0.4 is 5.32 Å². The quantitative estimate of drug-likeness (QED) is 0.848. The molecule has 110 valence electrons. The molecule has 2 aliphatic heterocycles. The van der Waals surface area contributed by atoms with Crippen molar-refractivity contribution >= 4 is 5.91 Å². The predicted molar refractivity (Wildman–Crippen MR) is 76.0 cm³/mol. The van der Waals surface area contributed by atoms with Crippen molar-refractivity contribution < 1.29 is 9.53 Å². The molecule has 2 fully saturated rings. The standard InChI is InChI=1S/C15H28N2O2/c1-15(2)8-4-5-13(16-3)14(18)17(15)11-12-6-9-19-10-7-12/h12-13,16H,4-11H2,1-3H3. The van der Waals surface area contributed by atoms with E-state index in [2.05, 4.69) is 24.1 Å². The zero-order valence-corrected chi connectivity index (χ0v) is 12.6. The third-order valence-electron chi connectivity index (χ3n) is 4.71. The summed E-state index contributed by atoms with van der Waals surface area (Å²) in [7, 11) is 1.90. The van der Waals surface area contributed by atoms with Crippen LogP contribution >= 0.6 is 0 Å². The molecule has 4 nitrogen and oxygen atoms in total.